The minimum atomic E-state index is -0.526. The first-order valence-electron chi connectivity index (χ1n) is 9.31. The monoisotopic (exact) mass is 401 g/mol. The highest BCUT2D eigenvalue weighted by Gasteiger charge is 2.36. The van der Waals surface area contributed by atoms with Gasteiger partial charge in [0.05, 0.1) is 31.5 Å². The van der Waals surface area contributed by atoms with Gasteiger partial charge in [-0.1, -0.05) is 18.7 Å². The Hall–Kier alpha value is -3.06. The van der Waals surface area contributed by atoms with Crippen LogP contribution in [0, 0.1) is 0 Å². The fraction of sp³-hybridized carbons (Fsp3) is 0.364. The highest BCUT2D eigenvalue weighted by Crippen LogP contribution is 2.34. The summed E-state index contributed by atoms with van der Waals surface area (Å²) in [5.74, 6) is 0.281. The Morgan fingerprint density at radius 3 is 2.62 bits per heavy atom. The summed E-state index contributed by atoms with van der Waals surface area (Å²) in [4.78, 5) is 27.1. The van der Waals surface area contributed by atoms with Crippen LogP contribution in [0.2, 0.25) is 0 Å². The van der Waals surface area contributed by atoms with Crippen LogP contribution in [0.15, 0.2) is 47.7 Å². The molecule has 1 amide bonds. The number of hydrogen-bond acceptors (Lipinski definition) is 6. The molecule has 1 aromatic rings. The minimum Gasteiger partial charge on any atom is -0.493 e. The Kier molecular flexibility index (Phi) is 8.03. The van der Waals surface area contributed by atoms with Crippen LogP contribution in [0.25, 0.3) is 6.08 Å². The lowest BCUT2D eigenvalue weighted by atomic mass is 10.0. The fourth-order valence-electron chi connectivity index (χ4n) is 2.99. The number of methoxy groups -OCH3 is 2. The molecule has 0 saturated heterocycles. The summed E-state index contributed by atoms with van der Waals surface area (Å²) in [5, 5.41) is 0. The van der Waals surface area contributed by atoms with Gasteiger partial charge in [0.25, 0.3) is 5.91 Å². The van der Waals surface area contributed by atoms with E-state index in [1.54, 1.807) is 51.3 Å². The summed E-state index contributed by atoms with van der Waals surface area (Å²) in [7, 11) is 3.10. The van der Waals surface area contributed by atoms with Gasteiger partial charge in [-0.3, -0.25) is 4.79 Å². The Balaban J connectivity index is 2.46. The molecule has 29 heavy (non-hydrogen) atoms. The van der Waals surface area contributed by atoms with Crippen molar-refractivity contribution in [2.24, 2.45) is 0 Å². The van der Waals surface area contributed by atoms with Gasteiger partial charge >= 0.3 is 5.97 Å². The van der Waals surface area contributed by atoms with Gasteiger partial charge in [-0.25, -0.2) is 4.79 Å². The lowest BCUT2D eigenvalue weighted by Gasteiger charge is -2.16. The first-order valence-corrected chi connectivity index (χ1v) is 9.31. The largest absolute Gasteiger partial charge is 0.493 e. The number of carbonyl (C=O) groups is 2. The Morgan fingerprint density at radius 1 is 1.24 bits per heavy atom. The van der Waals surface area contributed by atoms with E-state index < -0.39 is 5.97 Å². The minimum absolute atomic E-state index is 0.221. The van der Waals surface area contributed by atoms with Crippen molar-refractivity contribution in [3.8, 4) is 11.5 Å². The molecule has 7 heteroatoms. The Morgan fingerprint density at radius 2 is 2.00 bits per heavy atom. The van der Waals surface area contributed by atoms with E-state index >= 15 is 0 Å². The van der Waals surface area contributed by atoms with E-state index in [4.69, 9.17) is 18.9 Å². The molecule has 2 rings (SSSR count). The molecule has 7 nitrogen and oxygen atoms in total. The predicted molar refractivity (Wildman–Crippen MR) is 110 cm³/mol. The molecule has 0 N–H and O–H groups in total. The van der Waals surface area contributed by atoms with Crippen molar-refractivity contribution < 1.29 is 28.5 Å². The van der Waals surface area contributed by atoms with Gasteiger partial charge in [0, 0.05) is 19.4 Å². The van der Waals surface area contributed by atoms with E-state index in [-0.39, 0.29) is 23.7 Å². The van der Waals surface area contributed by atoms with Gasteiger partial charge in [0.2, 0.25) is 0 Å². The van der Waals surface area contributed by atoms with Crippen molar-refractivity contribution in [2.45, 2.75) is 13.8 Å². The second-order valence-corrected chi connectivity index (χ2v) is 6.20. The van der Waals surface area contributed by atoms with Crippen molar-refractivity contribution in [3.05, 3.63) is 53.3 Å². The number of ether oxygens (including phenoxy) is 4. The standard InChI is InChI=1S/C22H27NO6/c1-6-11-29-18-9-8-16(14-19(18)27-5)13-17-20(22(25)28-7-2)15(3)23(21(17)24)10-12-26-4/h6,8-9,13-14H,1,7,10-12H2,2-5H3. The topological polar surface area (TPSA) is 74.3 Å². The van der Waals surface area contributed by atoms with Crippen LogP contribution in [0.3, 0.4) is 0 Å². The zero-order valence-electron chi connectivity index (χ0n) is 17.3. The van der Waals surface area contributed by atoms with Crippen LogP contribution in [0.1, 0.15) is 19.4 Å². The number of carbonyl (C=O) groups excluding carboxylic acids is 2. The molecule has 1 heterocycles. The van der Waals surface area contributed by atoms with Gasteiger partial charge in [0.1, 0.15) is 6.61 Å². The number of esters is 1. The average molecular weight is 401 g/mol. The maximum absolute atomic E-state index is 13.0. The van der Waals surface area contributed by atoms with Crippen molar-refractivity contribution in [1.29, 1.82) is 0 Å². The third-order valence-electron chi connectivity index (χ3n) is 4.37. The van der Waals surface area contributed by atoms with Crippen LogP contribution >= 0.6 is 0 Å². The zero-order chi connectivity index (χ0) is 21.4. The number of rotatable bonds is 10. The summed E-state index contributed by atoms with van der Waals surface area (Å²) in [6.07, 6.45) is 3.30. The van der Waals surface area contributed by atoms with Gasteiger partial charge in [-0.05, 0) is 37.6 Å². The quantitative estimate of drug-likeness (QED) is 0.341. The maximum atomic E-state index is 13.0. The van der Waals surface area contributed by atoms with Gasteiger partial charge in [-0.2, -0.15) is 0 Å². The molecule has 1 aliphatic rings. The molecule has 1 aliphatic heterocycles. The molecule has 0 aliphatic carbocycles. The van der Waals surface area contributed by atoms with E-state index in [1.165, 1.54) is 12.0 Å². The molecule has 156 valence electrons. The second kappa shape index (κ2) is 10.5. The molecule has 0 unspecified atom stereocenters. The third kappa shape index (κ3) is 5.06. The van der Waals surface area contributed by atoms with Gasteiger partial charge in [-0.15, -0.1) is 0 Å². The van der Waals surface area contributed by atoms with Crippen LogP contribution < -0.4 is 9.47 Å². The lowest BCUT2D eigenvalue weighted by Crippen LogP contribution is -2.28. The van der Waals surface area contributed by atoms with E-state index in [2.05, 4.69) is 6.58 Å². The molecule has 0 atom stereocenters. The van der Waals surface area contributed by atoms with Crippen LogP contribution in [0.5, 0.6) is 11.5 Å². The second-order valence-electron chi connectivity index (χ2n) is 6.20. The van der Waals surface area contributed by atoms with Crippen LogP contribution in [-0.2, 0) is 19.1 Å². The lowest BCUT2D eigenvalue weighted by molar-refractivity contribution is -0.138. The van der Waals surface area contributed by atoms with Gasteiger partial charge in [0.15, 0.2) is 11.5 Å². The Bertz CT molecular complexity index is 840. The van der Waals surface area contributed by atoms with Crippen molar-refractivity contribution in [1.82, 2.24) is 4.90 Å². The molecule has 0 aromatic heterocycles. The smallest absolute Gasteiger partial charge is 0.340 e. The first kappa shape index (κ1) is 22.2. The van der Waals surface area contributed by atoms with Crippen LogP contribution in [-0.4, -0.2) is 57.4 Å². The highest BCUT2D eigenvalue weighted by atomic mass is 16.5. The fourth-order valence-corrected chi connectivity index (χ4v) is 2.99. The van der Waals surface area contributed by atoms with E-state index in [1.807, 2.05) is 0 Å². The van der Waals surface area contributed by atoms with E-state index in [9.17, 15) is 9.59 Å². The number of hydrogen-bond donors (Lipinski definition) is 0. The summed E-state index contributed by atoms with van der Waals surface area (Å²) in [6, 6.07) is 5.28. The summed E-state index contributed by atoms with van der Waals surface area (Å²) < 4.78 is 21.2. The highest BCUT2D eigenvalue weighted by molar-refractivity contribution is 6.16. The molecular weight excluding hydrogens is 374 g/mol. The summed E-state index contributed by atoms with van der Waals surface area (Å²) >= 11 is 0. The molecule has 0 bridgehead atoms. The van der Waals surface area contributed by atoms with Crippen molar-refractivity contribution >= 4 is 18.0 Å². The van der Waals surface area contributed by atoms with Crippen molar-refractivity contribution in [3.63, 3.8) is 0 Å². The normalized spacial score (nSPS) is 15.1. The van der Waals surface area contributed by atoms with Gasteiger partial charge < -0.3 is 23.8 Å². The molecule has 0 radical (unpaired) electrons. The SMILES string of the molecule is C=CCOc1ccc(C=C2C(=O)N(CCOC)C(C)=C2C(=O)OCC)cc1OC. The molecule has 0 spiro atoms. The van der Waals surface area contributed by atoms with E-state index in [0.29, 0.717) is 42.5 Å². The molecule has 0 fully saturated rings. The van der Waals surface area contributed by atoms with Crippen molar-refractivity contribution in [2.75, 3.05) is 40.6 Å². The average Bonchev–Trinajstić information content (AvgIpc) is 2.94. The Labute approximate surface area is 171 Å². The number of benzene rings is 1. The molecular formula is C22H27NO6. The maximum Gasteiger partial charge on any atom is 0.340 e. The third-order valence-corrected chi connectivity index (χ3v) is 4.37. The predicted octanol–water partition coefficient (Wildman–Crippen LogP) is 2.97. The summed E-state index contributed by atoms with van der Waals surface area (Å²) in [5.41, 5.74) is 1.78. The number of allylic oxidation sites excluding steroid dienone is 1. The number of amides is 1. The van der Waals surface area contributed by atoms with Crippen LogP contribution in [0.4, 0.5) is 0 Å². The zero-order valence-corrected chi connectivity index (χ0v) is 17.3. The molecule has 1 aromatic carbocycles. The summed E-state index contributed by atoms with van der Waals surface area (Å²) in [6.45, 7) is 8.35. The van der Waals surface area contributed by atoms with E-state index in [0.717, 1.165) is 0 Å². The first-order chi connectivity index (χ1) is 14.0. The number of nitrogens with zero attached hydrogens (tertiary/aromatic N) is 1. The molecule has 0 saturated carbocycles.